The van der Waals surface area contributed by atoms with Crippen LogP contribution in [-0.4, -0.2) is 29.5 Å². The van der Waals surface area contributed by atoms with Gasteiger partial charge < -0.3 is 15.5 Å². The van der Waals surface area contributed by atoms with Crippen LogP contribution in [-0.2, 0) is 6.42 Å². The van der Waals surface area contributed by atoms with Crippen LogP contribution >= 0.6 is 0 Å². The minimum atomic E-state index is -0.658. The minimum absolute atomic E-state index is 0.179. The van der Waals surface area contributed by atoms with Gasteiger partial charge in [-0.1, -0.05) is 24.3 Å². The Morgan fingerprint density at radius 1 is 1.38 bits per heavy atom. The van der Waals surface area contributed by atoms with E-state index >= 15 is 0 Å². The number of fused-ring (bicyclic) bond motifs is 1. The van der Waals surface area contributed by atoms with Crippen molar-refractivity contribution >= 4 is 0 Å². The molecule has 0 saturated heterocycles. The van der Waals surface area contributed by atoms with E-state index in [9.17, 15) is 5.11 Å². The summed E-state index contributed by atoms with van der Waals surface area (Å²) < 4.78 is 0. The third kappa shape index (κ3) is 2.61. The second kappa shape index (κ2) is 5.43. The maximum absolute atomic E-state index is 9.32. The van der Waals surface area contributed by atoms with Gasteiger partial charge in [-0.2, -0.15) is 0 Å². The molecule has 1 aromatic carbocycles. The van der Waals surface area contributed by atoms with E-state index in [2.05, 4.69) is 29.6 Å². The van der Waals surface area contributed by atoms with Gasteiger partial charge in [0.15, 0.2) is 0 Å². The zero-order chi connectivity index (χ0) is 11.4. The molecule has 0 radical (unpaired) electrons. The van der Waals surface area contributed by atoms with Crippen LogP contribution in [0, 0.1) is 0 Å². The molecule has 0 fully saturated rings. The van der Waals surface area contributed by atoms with Gasteiger partial charge in [0.2, 0.25) is 0 Å². The Morgan fingerprint density at radius 3 is 3.00 bits per heavy atom. The quantitative estimate of drug-likeness (QED) is 0.711. The van der Waals surface area contributed by atoms with Crippen LogP contribution in [0.5, 0.6) is 0 Å². The van der Waals surface area contributed by atoms with Crippen molar-refractivity contribution in [3.05, 3.63) is 35.4 Å². The molecular formula is C13H19NO2. The first kappa shape index (κ1) is 11.6. The van der Waals surface area contributed by atoms with E-state index in [-0.39, 0.29) is 6.61 Å². The van der Waals surface area contributed by atoms with Crippen LogP contribution in [0.4, 0.5) is 0 Å². The molecule has 3 nitrogen and oxygen atoms in total. The number of hydrogen-bond donors (Lipinski definition) is 3. The first-order valence-electron chi connectivity index (χ1n) is 5.91. The molecule has 0 spiro atoms. The molecule has 3 heteroatoms. The lowest BCUT2D eigenvalue weighted by molar-refractivity contribution is 0.0912. The molecule has 1 unspecified atom stereocenters. The molecule has 0 saturated carbocycles. The van der Waals surface area contributed by atoms with E-state index in [1.165, 1.54) is 17.5 Å². The van der Waals surface area contributed by atoms with Gasteiger partial charge in [-0.25, -0.2) is 0 Å². The maximum Gasteiger partial charge on any atom is 0.0895 e. The van der Waals surface area contributed by atoms with Crippen molar-refractivity contribution in [3.8, 4) is 0 Å². The van der Waals surface area contributed by atoms with Gasteiger partial charge in [0, 0.05) is 12.6 Å². The fraction of sp³-hybridized carbons (Fsp3) is 0.538. The van der Waals surface area contributed by atoms with Crippen molar-refractivity contribution in [2.45, 2.75) is 31.4 Å². The van der Waals surface area contributed by atoms with E-state index in [1.54, 1.807) is 0 Å². The number of nitrogens with one attached hydrogen (secondary N) is 1. The highest BCUT2D eigenvalue weighted by Crippen LogP contribution is 2.29. The van der Waals surface area contributed by atoms with Crippen molar-refractivity contribution in [2.24, 2.45) is 0 Å². The second-order valence-electron chi connectivity index (χ2n) is 4.39. The Labute approximate surface area is 96.1 Å². The molecule has 88 valence electrons. The Morgan fingerprint density at radius 2 is 2.19 bits per heavy atom. The zero-order valence-corrected chi connectivity index (χ0v) is 9.39. The molecule has 1 aliphatic rings. The van der Waals surface area contributed by atoms with Crippen molar-refractivity contribution in [1.29, 1.82) is 0 Å². The third-order valence-corrected chi connectivity index (χ3v) is 3.18. The summed E-state index contributed by atoms with van der Waals surface area (Å²) in [6, 6.07) is 8.78. The van der Waals surface area contributed by atoms with Crippen LogP contribution in [0.3, 0.4) is 0 Å². The summed E-state index contributed by atoms with van der Waals surface area (Å²) in [5.41, 5.74) is 2.75. The highest BCUT2D eigenvalue weighted by atomic mass is 16.3. The summed E-state index contributed by atoms with van der Waals surface area (Å²) in [4.78, 5) is 0. The predicted molar refractivity (Wildman–Crippen MR) is 63.2 cm³/mol. The van der Waals surface area contributed by atoms with E-state index in [0.29, 0.717) is 12.6 Å². The first-order valence-corrected chi connectivity index (χ1v) is 5.91. The lowest BCUT2D eigenvalue weighted by Gasteiger charge is -2.27. The van der Waals surface area contributed by atoms with Crippen LogP contribution < -0.4 is 5.32 Å². The summed E-state index contributed by atoms with van der Waals surface area (Å²) in [6.45, 7) is 0.275. The summed E-state index contributed by atoms with van der Waals surface area (Å²) in [5, 5.41) is 21.4. The Hall–Kier alpha value is -0.900. The molecule has 1 aliphatic carbocycles. The molecule has 16 heavy (non-hydrogen) atoms. The van der Waals surface area contributed by atoms with E-state index in [0.717, 1.165) is 12.8 Å². The van der Waals surface area contributed by atoms with Crippen LogP contribution in [0.2, 0.25) is 0 Å². The first-order chi connectivity index (χ1) is 7.81. The highest BCUT2D eigenvalue weighted by Gasteiger charge is 2.19. The number of aliphatic hydroxyl groups is 2. The summed E-state index contributed by atoms with van der Waals surface area (Å²) in [7, 11) is 0. The summed E-state index contributed by atoms with van der Waals surface area (Å²) >= 11 is 0. The van der Waals surface area contributed by atoms with Gasteiger partial charge in [-0.05, 0) is 30.4 Å². The van der Waals surface area contributed by atoms with Crippen molar-refractivity contribution in [1.82, 2.24) is 5.32 Å². The number of rotatable bonds is 4. The van der Waals surface area contributed by atoms with Gasteiger partial charge in [0.05, 0.1) is 12.7 Å². The average Bonchev–Trinajstić information content (AvgIpc) is 2.35. The lowest BCUT2D eigenvalue weighted by atomic mass is 9.88. The van der Waals surface area contributed by atoms with E-state index in [1.807, 2.05) is 0 Å². The minimum Gasteiger partial charge on any atom is -0.394 e. The number of hydrogen-bond acceptors (Lipinski definition) is 3. The highest BCUT2D eigenvalue weighted by molar-refractivity contribution is 5.32. The normalized spacial score (nSPS) is 21.5. The molecule has 0 aliphatic heterocycles. The van der Waals surface area contributed by atoms with Gasteiger partial charge in [0.25, 0.3) is 0 Å². The third-order valence-electron chi connectivity index (χ3n) is 3.18. The number of aryl methyl sites for hydroxylation is 1. The Kier molecular flexibility index (Phi) is 3.93. The molecular weight excluding hydrogens is 202 g/mol. The lowest BCUT2D eigenvalue weighted by Crippen LogP contribution is -2.33. The van der Waals surface area contributed by atoms with Gasteiger partial charge >= 0.3 is 0 Å². The zero-order valence-electron chi connectivity index (χ0n) is 9.39. The largest absolute Gasteiger partial charge is 0.394 e. The predicted octanol–water partition coefficient (Wildman–Crippen LogP) is 1.01. The number of aliphatic hydroxyl groups excluding tert-OH is 2. The molecule has 2 rings (SSSR count). The standard InChI is InChI=1S/C13H19NO2/c15-9-11(16)8-14-13-7-3-5-10-4-1-2-6-12(10)13/h1-2,4,6,11,13-16H,3,5,7-9H2/t11-,13?/m0/s1. The second-order valence-corrected chi connectivity index (χ2v) is 4.39. The topological polar surface area (TPSA) is 52.5 Å². The van der Waals surface area contributed by atoms with Crippen molar-refractivity contribution in [2.75, 3.05) is 13.2 Å². The molecule has 0 heterocycles. The maximum atomic E-state index is 9.32. The fourth-order valence-electron chi connectivity index (χ4n) is 2.31. The molecule has 3 N–H and O–H groups in total. The fourth-order valence-corrected chi connectivity index (χ4v) is 2.31. The van der Waals surface area contributed by atoms with Crippen molar-refractivity contribution in [3.63, 3.8) is 0 Å². The monoisotopic (exact) mass is 221 g/mol. The molecule has 0 bridgehead atoms. The molecule has 1 aromatic rings. The van der Waals surface area contributed by atoms with Gasteiger partial charge in [-0.3, -0.25) is 0 Å². The molecule has 2 atom stereocenters. The smallest absolute Gasteiger partial charge is 0.0895 e. The SMILES string of the molecule is OC[C@@H](O)CNC1CCCc2ccccc21. The Bertz CT molecular complexity index is 340. The summed E-state index contributed by atoms with van der Waals surface area (Å²) in [6.07, 6.45) is 2.78. The summed E-state index contributed by atoms with van der Waals surface area (Å²) in [5.74, 6) is 0. The van der Waals surface area contributed by atoms with Crippen LogP contribution in [0.1, 0.15) is 30.0 Å². The van der Waals surface area contributed by atoms with Gasteiger partial charge in [-0.15, -0.1) is 0 Å². The van der Waals surface area contributed by atoms with Crippen LogP contribution in [0.25, 0.3) is 0 Å². The molecule has 0 amide bonds. The van der Waals surface area contributed by atoms with Crippen LogP contribution in [0.15, 0.2) is 24.3 Å². The van der Waals surface area contributed by atoms with Crippen molar-refractivity contribution < 1.29 is 10.2 Å². The van der Waals surface area contributed by atoms with E-state index in [4.69, 9.17) is 5.11 Å². The van der Waals surface area contributed by atoms with Gasteiger partial charge in [0.1, 0.15) is 0 Å². The average molecular weight is 221 g/mol. The number of benzene rings is 1. The van der Waals surface area contributed by atoms with E-state index < -0.39 is 6.10 Å². The Balaban J connectivity index is 2.01. The molecule has 0 aromatic heterocycles.